The molecule has 1 amide bonds. The molecule has 0 atom stereocenters. The van der Waals surface area contributed by atoms with Crippen molar-refractivity contribution in [2.24, 2.45) is 7.05 Å². The Morgan fingerprint density at radius 1 is 1.32 bits per heavy atom. The molecule has 1 aliphatic rings. The van der Waals surface area contributed by atoms with Crippen molar-refractivity contribution < 1.29 is 13.9 Å². The maximum atomic E-state index is 12.3. The monoisotopic (exact) mass is 432 g/mol. The normalized spacial score (nSPS) is 14.0. The summed E-state index contributed by atoms with van der Waals surface area (Å²) in [6.07, 6.45) is 9.58. The van der Waals surface area contributed by atoms with Gasteiger partial charge in [-0.25, -0.2) is 13.7 Å². The van der Waals surface area contributed by atoms with Gasteiger partial charge in [0.25, 0.3) is 5.56 Å². The number of fused-ring (bicyclic) bond motifs is 1. The van der Waals surface area contributed by atoms with Gasteiger partial charge in [0.2, 0.25) is 0 Å². The first-order chi connectivity index (χ1) is 14.7. The van der Waals surface area contributed by atoms with Gasteiger partial charge in [-0.05, 0) is 46.1 Å². The molecule has 3 heterocycles. The number of aryl methyl sites for hydroxylation is 1. The lowest BCUT2D eigenvalue weighted by atomic mass is 9.92. The number of aromatic amines is 1. The Balaban J connectivity index is 0.000000176. The van der Waals surface area contributed by atoms with E-state index in [2.05, 4.69) is 15.2 Å². The SMILES string of the molecule is CC(C)(C)OC(=O)N(CCF)C1CCC1.Cn1cc(-c2cn3nccc3c(=O)[nH]2)cn1. The Kier molecular flexibility index (Phi) is 6.77. The highest BCUT2D eigenvalue weighted by atomic mass is 19.1. The Hall–Kier alpha value is -3.17. The summed E-state index contributed by atoms with van der Waals surface area (Å²) in [5, 5.41) is 8.10. The van der Waals surface area contributed by atoms with Gasteiger partial charge in [0.1, 0.15) is 17.8 Å². The molecule has 0 bridgehead atoms. The van der Waals surface area contributed by atoms with Gasteiger partial charge in [-0.2, -0.15) is 10.2 Å². The predicted octanol–water partition coefficient (Wildman–Crippen LogP) is 3.17. The number of H-pyrrole nitrogens is 1. The second-order valence-corrected chi connectivity index (χ2v) is 8.51. The zero-order chi connectivity index (χ0) is 22.6. The van der Waals surface area contributed by atoms with E-state index in [0.717, 1.165) is 24.8 Å². The zero-order valence-corrected chi connectivity index (χ0v) is 18.3. The molecule has 3 aromatic heterocycles. The Morgan fingerprint density at radius 3 is 2.61 bits per heavy atom. The summed E-state index contributed by atoms with van der Waals surface area (Å²) in [6, 6.07) is 1.86. The van der Waals surface area contributed by atoms with E-state index in [1.54, 1.807) is 33.9 Å². The lowest BCUT2D eigenvalue weighted by Crippen LogP contribution is -2.47. The molecular weight excluding hydrogens is 403 g/mol. The molecule has 3 aromatic rings. The van der Waals surface area contributed by atoms with Crippen LogP contribution in [0.2, 0.25) is 0 Å². The van der Waals surface area contributed by atoms with Crippen LogP contribution in [0.1, 0.15) is 40.0 Å². The van der Waals surface area contributed by atoms with Crippen LogP contribution in [0.3, 0.4) is 0 Å². The molecular formula is C21H29FN6O3. The fraction of sp³-hybridized carbons (Fsp3) is 0.524. The summed E-state index contributed by atoms with van der Waals surface area (Å²) >= 11 is 0. The van der Waals surface area contributed by atoms with Crippen molar-refractivity contribution in [1.82, 2.24) is 29.3 Å². The predicted molar refractivity (Wildman–Crippen MR) is 115 cm³/mol. The molecule has 0 aliphatic heterocycles. The van der Waals surface area contributed by atoms with Crippen molar-refractivity contribution in [2.45, 2.75) is 51.7 Å². The van der Waals surface area contributed by atoms with E-state index in [1.165, 1.54) is 4.90 Å². The largest absolute Gasteiger partial charge is 0.444 e. The molecule has 1 N–H and O–H groups in total. The number of nitrogens with one attached hydrogen (secondary N) is 1. The molecule has 168 valence electrons. The second kappa shape index (κ2) is 9.32. The molecule has 0 unspecified atom stereocenters. The van der Waals surface area contributed by atoms with Crippen LogP contribution in [0.25, 0.3) is 16.8 Å². The minimum Gasteiger partial charge on any atom is -0.444 e. The van der Waals surface area contributed by atoms with Gasteiger partial charge in [-0.3, -0.25) is 9.48 Å². The number of alkyl halides is 1. The molecule has 1 aliphatic carbocycles. The second-order valence-electron chi connectivity index (χ2n) is 8.51. The van der Waals surface area contributed by atoms with Gasteiger partial charge in [0.05, 0.1) is 30.8 Å². The Bertz CT molecular complexity index is 1080. The third kappa shape index (κ3) is 5.71. The van der Waals surface area contributed by atoms with Crippen LogP contribution in [-0.4, -0.2) is 60.2 Å². The minimum absolute atomic E-state index is 0.152. The van der Waals surface area contributed by atoms with E-state index in [-0.39, 0.29) is 24.2 Å². The lowest BCUT2D eigenvalue weighted by Gasteiger charge is -2.37. The van der Waals surface area contributed by atoms with E-state index in [1.807, 2.05) is 34.0 Å². The molecule has 9 nitrogen and oxygen atoms in total. The highest BCUT2D eigenvalue weighted by Gasteiger charge is 2.31. The third-order valence-electron chi connectivity index (χ3n) is 4.89. The number of rotatable bonds is 4. The molecule has 0 spiro atoms. The van der Waals surface area contributed by atoms with Gasteiger partial charge in [-0.1, -0.05) is 0 Å². The maximum absolute atomic E-state index is 12.3. The van der Waals surface area contributed by atoms with Gasteiger partial charge >= 0.3 is 6.09 Å². The number of halogens is 1. The van der Waals surface area contributed by atoms with Crippen LogP contribution in [0.15, 0.2) is 35.6 Å². The van der Waals surface area contributed by atoms with Crippen LogP contribution in [-0.2, 0) is 11.8 Å². The zero-order valence-electron chi connectivity index (χ0n) is 18.3. The topological polar surface area (TPSA) is 97.5 Å². The smallest absolute Gasteiger partial charge is 0.410 e. The van der Waals surface area contributed by atoms with Gasteiger partial charge < -0.3 is 14.6 Å². The number of carbonyl (C=O) groups excluding carboxylic acids is 1. The quantitative estimate of drug-likeness (QED) is 0.683. The first-order valence-corrected chi connectivity index (χ1v) is 10.3. The number of nitrogens with zero attached hydrogens (tertiary/aromatic N) is 5. The van der Waals surface area contributed by atoms with E-state index in [4.69, 9.17) is 4.74 Å². The molecule has 1 saturated carbocycles. The van der Waals surface area contributed by atoms with Crippen LogP contribution in [0.4, 0.5) is 9.18 Å². The molecule has 0 saturated heterocycles. The van der Waals surface area contributed by atoms with Crippen molar-refractivity contribution >= 4 is 11.6 Å². The van der Waals surface area contributed by atoms with Crippen LogP contribution >= 0.6 is 0 Å². The summed E-state index contributed by atoms with van der Waals surface area (Å²) in [4.78, 5) is 27.7. The molecule has 4 rings (SSSR count). The number of amides is 1. The summed E-state index contributed by atoms with van der Waals surface area (Å²) < 4.78 is 20.8. The van der Waals surface area contributed by atoms with Crippen LogP contribution < -0.4 is 5.56 Å². The van der Waals surface area contributed by atoms with Crippen molar-refractivity contribution in [1.29, 1.82) is 0 Å². The Morgan fingerprint density at radius 2 is 2.06 bits per heavy atom. The highest BCUT2D eigenvalue weighted by Crippen LogP contribution is 2.26. The first-order valence-electron chi connectivity index (χ1n) is 10.3. The molecule has 0 radical (unpaired) electrons. The first kappa shape index (κ1) is 22.5. The van der Waals surface area contributed by atoms with Crippen LogP contribution in [0.5, 0.6) is 0 Å². The van der Waals surface area contributed by atoms with E-state index < -0.39 is 12.3 Å². The number of ether oxygens (including phenoxy) is 1. The Labute approximate surface area is 179 Å². The maximum Gasteiger partial charge on any atom is 0.410 e. The third-order valence-corrected chi connectivity index (χ3v) is 4.89. The van der Waals surface area contributed by atoms with E-state index in [9.17, 15) is 14.0 Å². The minimum atomic E-state index is -0.505. The van der Waals surface area contributed by atoms with Crippen LogP contribution in [0, 0.1) is 0 Å². The average molecular weight is 433 g/mol. The number of hydrogen-bond donors (Lipinski definition) is 1. The average Bonchev–Trinajstić information content (AvgIpc) is 3.28. The molecule has 1 fully saturated rings. The molecule has 31 heavy (non-hydrogen) atoms. The summed E-state index contributed by atoms with van der Waals surface area (Å²) in [6.45, 7) is 5.10. The molecule has 10 heteroatoms. The highest BCUT2D eigenvalue weighted by molar-refractivity contribution is 5.68. The standard InChI is InChI=1S/C11H20FNO2.C10H9N5O/c1-11(2,3)15-10(14)13(8-7-12)9-5-4-6-9;1-14-5-7(4-12-14)8-6-15-9(2-3-11-15)10(16)13-8/h9H,4-8H2,1-3H3;2-6H,1H3,(H,13,16). The van der Waals surface area contributed by atoms with Crippen molar-refractivity contribution in [3.8, 4) is 11.3 Å². The van der Waals surface area contributed by atoms with Gasteiger partial charge in [-0.15, -0.1) is 0 Å². The van der Waals surface area contributed by atoms with Gasteiger partial charge in [0, 0.05) is 24.8 Å². The fourth-order valence-electron chi connectivity index (χ4n) is 3.18. The summed E-state index contributed by atoms with van der Waals surface area (Å²) in [7, 11) is 1.83. The van der Waals surface area contributed by atoms with Crippen molar-refractivity contribution in [3.63, 3.8) is 0 Å². The van der Waals surface area contributed by atoms with E-state index in [0.29, 0.717) is 11.2 Å². The number of hydrogen-bond acceptors (Lipinski definition) is 5. The summed E-state index contributed by atoms with van der Waals surface area (Å²) in [5.41, 5.74) is 1.44. The van der Waals surface area contributed by atoms with Crippen molar-refractivity contribution in [3.05, 3.63) is 41.2 Å². The fourth-order valence-corrected chi connectivity index (χ4v) is 3.18. The van der Waals surface area contributed by atoms with E-state index >= 15 is 0 Å². The number of carbonyl (C=O) groups is 1. The van der Waals surface area contributed by atoms with Crippen molar-refractivity contribution in [2.75, 3.05) is 13.2 Å². The summed E-state index contributed by atoms with van der Waals surface area (Å²) in [5.74, 6) is 0. The molecule has 0 aromatic carbocycles. The number of aromatic nitrogens is 5. The lowest BCUT2D eigenvalue weighted by molar-refractivity contribution is 0.00565. The van der Waals surface area contributed by atoms with Gasteiger partial charge in [0.15, 0.2) is 0 Å².